The summed E-state index contributed by atoms with van der Waals surface area (Å²) in [5, 5.41) is 2.83. The molecule has 1 N–H and O–H groups in total. The Labute approximate surface area is 80.6 Å². The van der Waals surface area contributed by atoms with Crippen molar-refractivity contribution in [3.63, 3.8) is 0 Å². The highest BCUT2D eigenvalue weighted by atomic mass is 16.2. The number of nitrogens with zero attached hydrogens (tertiary/aromatic N) is 2. The summed E-state index contributed by atoms with van der Waals surface area (Å²) in [7, 11) is 0. The maximum atomic E-state index is 11.6. The van der Waals surface area contributed by atoms with Crippen molar-refractivity contribution in [2.75, 3.05) is 0 Å². The Morgan fingerprint density at radius 1 is 1.50 bits per heavy atom. The molecule has 0 aromatic carbocycles. The fraction of sp³-hybridized carbons (Fsp3) is 0.200. The van der Waals surface area contributed by atoms with Crippen LogP contribution < -0.4 is 5.32 Å². The van der Waals surface area contributed by atoms with Crippen LogP contribution in [0, 0.1) is 6.92 Å². The summed E-state index contributed by atoms with van der Waals surface area (Å²) in [4.78, 5) is 15.9. The number of nitrogens with one attached hydrogen (secondary N) is 1. The van der Waals surface area contributed by atoms with E-state index in [2.05, 4.69) is 10.3 Å². The second kappa shape index (κ2) is 2.35. The van der Waals surface area contributed by atoms with Gasteiger partial charge in [0.2, 0.25) is 0 Å². The first-order valence-corrected chi connectivity index (χ1v) is 4.52. The maximum Gasteiger partial charge on any atom is 0.270 e. The lowest BCUT2D eigenvalue weighted by Gasteiger charge is -2.15. The average Bonchev–Trinajstić information content (AvgIpc) is 2.51. The van der Waals surface area contributed by atoms with Crippen LogP contribution >= 0.6 is 0 Å². The first-order chi connectivity index (χ1) is 6.77. The van der Waals surface area contributed by atoms with Crippen LogP contribution in [-0.2, 0) is 6.54 Å². The third-order valence-electron chi connectivity index (χ3n) is 2.54. The van der Waals surface area contributed by atoms with Crippen LogP contribution in [0.4, 0.5) is 0 Å². The van der Waals surface area contributed by atoms with E-state index in [1.165, 1.54) is 0 Å². The van der Waals surface area contributed by atoms with E-state index in [9.17, 15) is 4.79 Å². The molecule has 1 aliphatic heterocycles. The Morgan fingerprint density at radius 2 is 2.36 bits per heavy atom. The zero-order chi connectivity index (χ0) is 9.71. The molecule has 2 aromatic rings. The number of aromatic nitrogens is 2. The number of carbonyl (C=O) groups is 1. The molecule has 3 heterocycles. The van der Waals surface area contributed by atoms with E-state index in [0.29, 0.717) is 12.2 Å². The highest BCUT2D eigenvalue weighted by molar-refractivity contribution is 5.95. The van der Waals surface area contributed by atoms with E-state index < -0.39 is 0 Å². The molecule has 3 rings (SSSR count). The second-order valence-electron chi connectivity index (χ2n) is 3.44. The number of pyridine rings is 1. The van der Waals surface area contributed by atoms with Gasteiger partial charge < -0.3 is 5.32 Å². The van der Waals surface area contributed by atoms with Crippen LogP contribution in [-0.4, -0.2) is 15.3 Å². The van der Waals surface area contributed by atoms with Crippen molar-refractivity contribution >= 4 is 11.6 Å². The van der Waals surface area contributed by atoms with Crippen LogP contribution in [0.3, 0.4) is 0 Å². The van der Waals surface area contributed by atoms with Gasteiger partial charge in [-0.3, -0.25) is 9.20 Å². The molecule has 0 spiro atoms. The lowest BCUT2D eigenvalue weighted by atomic mass is 10.2. The average molecular weight is 187 g/mol. The summed E-state index contributed by atoms with van der Waals surface area (Å²) in [5.74, 6) is -0.0336. The Balaban J connectivity index is 2.54. The molecule has 1 amide bonds. The highest BCUT2D eigenvalue weighted by Gasteiger charge is 2.22. The molecule has 0 saturated carbocycles. The smallest absolute Gasteiger partial charge is 0.270 e. The summed E-state index contributed by atoms with van der Waals surface area (Å²) >= 11 is 0. The van der Waals surface area contributed by atoms with Crippen molar-refractivity contribution in [3.05, 3.63) is 35.3 Å². The molecule has 0 unspecified atom stereocenters. The summed E-state index contributed by atoms with van der Waals surface area (Å²) in [6.07, 6.45) is 0. The number of rotatable bonds is 0. The minimum absolute atomic E-state index is 0.0336. The normalized spacial score (nSPS) is 14.5. The van der Waals surface area contributed by atoms with Crippen LogP contribution in [0.1, 0.15) is 21.9 Å². The molecular formula is C10H9N3O. The number of hydrogen-bond donors (Lipinski definition) is 1. The first-order valence-electron chi connectivity index (χ1n) is 4.52. The molecule has 0 aliphatic carbocycles. The molecule has 2 aromatic heterocycles. The first kappa shape index (κ1) is 7.55. The van der Waals surface area contributed by atoms with Crippen LogP contribution in [0.25, 0.3) is 5.65 Å². The molecule has 1 aliphatic rings. The minimum Gasteiger partial charge on any atom is -0.345 e. The summed E-state index contributed by atoms with van der Waals surface area (Å²) in [5.41, 5.74) is 3.39. The highest BCUT2D eigenvalue weighted by Crippen LogP contribution is 2.18. The molecule has 14 heavy (non-hydrogen) atoms. The van der Waals surface area contributed by atoms with Gasteiger partial charge in [0, 0.05) is 5.69 Å². The number of amides is 1. The van der Waals surface area contributed by atoms with Crippen molar-refractivity contribution in [1.82, 2.24) is 14.7 Å². The summed E-state index contributed by atoms with van der Waals surface area (Å²) in [6.45, 7) is 2.44. The van der Waals surface area contributed by atoms with Gasteiger partial charge >= 0.3 is 0 Å². The van der Waals surface area contributed by atoms with Gasteiger partial charge in [0.05, 0.1) is 12.2 Å². The molecular weight excluding hydrogens is 178 g/mol. The largest absolute Gasteiger partial charge is 0.345 e. The van der Waals surface area contributed by atoms with E-state index in [1.807, 2.05) is 29.5 Å². The van der Waals surface area contributed by atoms with Gasteiger partial charge in [-0.25, -0.2) is 4.98 Å². The van der Waals surface area contributed by atoms with Crippen LogP contribution in [0.5, 0.6) is 0 Å². The van der Waals surface area contributed by atoms with Gasteiger partial charge in [0.1, 0.15) is 11.3 Å². The van der Waals surface area contributed by atoms with Gasteiger partial charge in [-0.1, -0.05) is 6.07 Å². The quantitative estimate of drug-likeness (QED) is 0.665. The topological polar surface area (TPSA) is 46.4 Å². The Kier molecular flexibility index (Phi) is 1.27. The maximum absolute atomic E-state index is 11.6. The SMILES string of the molecule is Cc1nc2cccc3n2c1C(=O)NC3. The lowest BCUT2D eigenvalue weighted by molar-refractivity contribution is 0.0935. The van der Waals surface area contributed by atoms with Crippen molar-refractivity contribution < 1.29 is 4.79 Å². The van der Waals surface area contributed by atoms with E-state index in [0.717, 1.165) is 17.0 Å². The molecule has 4 heteroatoms. The fourth-order valence-corrected chi connectivity index (χ4v) is 1.93. The fourth-order valence-electron chi connectivity index (χ4n) is 1.93. The van der Waals surface area contributed by atoms with Gasteiger partial charge in [-0.2, -0.15) is 0 Å². The summed E-state index contributed by atoms with van der Waals surface area (Å²) in [6, 6.07) is 5.87. The molecule has 0 bridgehead atoms. The Bertz CT molecular complexity index is 542. The van der Waals surface area contributed by atoms with E-state index >= 15 is 0 Å². The van der Waals surface area contributed by atoms with Crippen molar-refractivity contribution in [3.8, 4) is 0 Å². The van der Waals surface area contributed by atoms with Crippen molar-refractivity contribution in [2.45, 2.75) is 13.5 Å². The van der Waals surface area contributed by atoms with Gasteiger partial charge in [-0.15, -0.1) is 0 Å². The number of hydrogen-bond acceptors (Lipinski definition) is 2. The number of imidazole rings is 1. The Morgan fingerprint density at radius 3 is 3.21 bits per heavy atom. The van der Waals surface area contributed by atoms with Gasteiger partial charge in [0.25, 0.3) is 5.91 Å². The van der Waals surface area contributed by atoms with E-state index in [4.69, 9.17) is 0 Å². The molecule has 0 radical (unpaired) electrons. The van der Waals surface area contributed by atoms with Crippen LogP contribution in [0.2, 0.25) is 0 Å². The molecule has 0 saturated heterocycles. The zero-order valence-electron chi connectivity index (χ0n) is 7.74. The van der Waals surface area contributed by atoms with Gasteiger partial charge in [-0.05, 0) is 19.1 Å². The van der Waals surface area contributed by atoms with Gasteiger partial charge in [0.15, 0.2) is 0 Å². The molecule has 0 fully saturated rings. The minimum atomic E-state index is -0.0336. The third-order valence-corrected chi connectivity index (χ3v) is 2.54. The zero-order valence-corrected chi connectivity index (χ0v) is 7.74. The van der Waals surface area contributed by atoms with Crippen molar-refractivity contribution in [1.29, 1.82) is 0 Å². The Hall–Kier alpha value is -1.84. The monoisotopic (exact) mass is 187 g/mol. The predicted octanol–water partition coefficient (Wildman–Crippen LogP) is 0.886. The number of aryl methyl sites for hydroxylation is 1. The molecule has 4 nitrogen and oxygen atoms in total. The van der Waals surface area contributed by atoms with Crippen molar-refractivity contribution in [2.24, 2.45) is 0 Å². The second-order valence-corrected chi connectivity index (χ2v) is 3.44. The standard InChI is InChI=1S/C10H9N3O/c1-6-9-10(14)11-5-7-3-2-4-8(12-6)13(7)9/h2-4H,5H2,1H3,(H,11,14). The van der Waals surface area contributed by atoms with E-state index in [-0.39, 0.29) is 5.91 Å². The molecule has 70 valence electrons. The van der Waals surface area contributed by atoms with E-state index in [1.54, 1.807) is 0 Å². The van der Waals surface area contributed by atoms with Crippen LogP contribution in [0.15, 0.2) is 18.2 Å². The predicted molar refractivity (Wildman–Crippen MR) is 51.1 cm³/mol. The number of carbonyl (C=O) groups excluding carboxylic acids is 1. The summed E-state index contributed by atoms with van der Waals surface area (Å²) < 4.78 is 1.92. The molecule has 0 atom stereocenters. The lowest BCUT2D eigenvalue weighted by Crippen LogP contribution is -2.31. The third kappa shape index (κ3) is 0.775.